The quantitative estimate of drug-likeness (QED) is 0.201. The third-order valence-corrected chi connectivity index (χ3v) is 10.1. The molecule has 12 nitrogen and oxygen atoms in total. The van der Waals surface area contributed by atoms with Gasteiger partial charge in [-0.3, -0.25) is 14.4 Å². The summed E-state index contributed by atoms with van der Waals surface area (Å²) < 4.78 is 29.3. The fourth-order valence-corrected chi connectivity index (χ4v) is 7.36. The molecule has 1 aliphatic carbocycles. The normalized spacial score (nSPS) is 16.0. The Hall–Kier alpha value is -5.07. The zero-order valence-electron chi connectivity index (χ0n) is 30.9. The number of hydrogen-bond acceptors (Lipinski definition) is 10. The third kappa shape index (κ3) is 7.58. The van der Waals surface area contributed by atoms with Gasteiger partial charge in [0.15, 0.2) is 17.1 Å². The van der Waals surface area contributed by atoms with Crippen LogP contribution in [0, 0.1) is 0 Å². The number of ether oxygens (including phenoxy) is 4. The lowest BCUT2D eigenvalue weighted by Crippen LogP contribution is -2.45. The molecule has 1 saturated heterocycles. The molecule has 3 aromatic carbocycles. The van der Waals surface area contributed by atoms with Crippen molar-refractivity contribution in [2.24, 2.45) is 0 Å². The maximum atomic E-state index is 14.2. The first-order chi connectivity index (χ1) is 25.1. The standard InChI is InChI=1S/C40H48N4O8/c1-24(45)42-32-13-10-26-20-34(49-4)39(50-5)40(51-6)36(26)29-21-30-31(23-35(47)41-14-7-15-44-18-16-43(2)17-19-44)37(25-8-11-27(48-3)12-9-25)52-38(30)33(46)22-28(29)32/h8-9,11-12,20-22,32H,7,10,13-19,23H2,1-6H3,(H,41,47)(H,42,45)/t32-/m0/s1. The van der Waals surface area contributed by atoms with Crippen LogP contribution in [0.4, 0.5) is 0 Å². The van der Waals surface area contributed by atoms with Gasteiger partial charge in [0.2, 0.25) is 23.0 Å². The van der Waals surface area contributed by atoms with Crippen LogP contribution < -0.4 is 35.0 Å². The van der Waals surface area contributed by atoms with Crippen molar-refractivity contribution in [2.45, 2.75) is 38.6 Å². The maximum Gasteiger partial charge on any atom is 0.224 e. The van der Waals surface area contributed by atoms with Gasteiger partial charge in [0.1, 0.15) is 11.5 Å². The molecule has 0 unspecified atom stereocenters. The molecule has 0 saturated carbocycles. The molecule has 6 rings (SSSR count). The summed E-state index contributed by atoms with van der Waals surface area (Å²) in [6.07, 6.45) is 1.88. The van der Waals surface area contributed by atoms with Crippen LogP contribution in [-0.2, 0) is 22.4 Å². The lowest BCUT2D eigenvalue weighted by molar-refractivity contribution is -0.121. The van der Waals surface area contributed by atoms with Gasteiger partial charge in [0.25, 0.3) is 0 Å². The summed E-state index contributed by atoms with van der Waals surface area (Å²) in [6.45, 7) is 7.01. The van der Waals surface area contributed by atoms with E-state index in [1.807, 2.05) is 36.4 Å². The maximum absolute atomic E-state index is 14.2. The second-order valence-corrected chi connectivity index (χ2v) is 13.4. The molecule has 0 radical (unpaired) electrons. The molecule has 2 heterocycles. The van der Waals surface area contributed by atoms with E-state index in [4.69, 9.17) is 23.4 Å². The van der Waals surface area contributed by atoms with Gasteiger partial charge in [-0.15, -0.1) is 0 Å². The molecule has 1 aliphatic heterocycles. The highest BCUT2D eigenvalue weighted by Crippen LogP contribution is 2.51. The molecule has 2 N–H and O–H groups in total. The van der Waals surface area contributed by atoms with Crippen molar-refractivity contribution in [3.8, 4) is 45.4 Å². The van der Waals surface area contributed by atoms with Gasteiger partial charge in [-0.2, -0.15) is 0 Å². The molecule has 2 amide bonds. The van der Waals surface area contributed by atoms with E-state index in [1.54, 1.807) is 28.4 Å². The van der Waals surface area contributed by atoms with Crippen LogP contribution in [0.3, 0.4) is 0 Å². The number of fused-ring (bicyclic) bond motifs is 4. The molecule has 2 aliphatic rings. The number of hydrogen-bond donors (Lipinski definition) is 2. The van der Waals surface area contributed by atoms with E-state index in [0.717, 1.165) is 44.7 Å². The third-order valence-electron chi connectivity index (χ3n) is 10.1. The zero-order chi connectivity index (χ0) is 36.9. The molecular formula is C40H48N4O8. The summed E-state index contributed by atoms with van der Waals surface area (Å²) in [6, 6.07) is 12.2. The number of carbonyl (C=O) groups is 2. The van der Waals surface area contributed by atoms with E-state index >= 15 is 0 Å². The predicted molar refractivity (Wildman–Crippen MR) is 200 cm³/mol. The van der Waals surface area contributed by atoms with Crippen molar-refractivity contribution in [3.63, 3.8) is 0 Å². The van der Waals surface area contributed by atoms with Crippen LogP contribution in [0.5, 0.6) is 23.0 Å². The number of nitrogens with one attached hydrogen (secondary N) is 2. The van der Waals surface area contributed by atoms with Crippen LogP contribution in [0.25, 0.3) is 33.4 Å². The van der Waals surface area contributed by atoms with Gasteiger partial charge in [0, 0.05) is 61.7 Å². The van der Waals surface area contributed by atoms with Crippen LogP contribution >= 0.6 is 0 Å². The van der Waals surface area contributed by atoms with Crippen molar-refractivity contribution in [1.29, 1.82) is 0 Å². The first kappa shape index (κ1) is 36.7. The molecule has 4 aromatic rings. The smallest absolute Gasteiger partial charge is 0.224 e. The largest absolute Gasteiger partial charge is 0.497 e. The van der Waals surface area contributed by atoms with E-state index in [-0.39, 0.29) is 29.2 Å². The fraction of sp³-hybridized carbons (Fsp3) is 0.425. The number of aryl methyl sites for hydroxylation is 1. The van der Waals surface area contributed by atoms with Gasteiger partial charge in [-0.05, 0) is 92.0 Å². The Labute approximate surface area is 304 Å². The van der Waals surface area contributed by atoms with Crippen molar-refractivity contribution in [1.82, 2.24) is 20.4 Å². The number of piperazine rings is 1. The second kappa shape index (κ2) is 16.1. The zero-order valence-corrected chi connectivity index (χ0v) is 30.9. The summed E-state index contributed by atoms with van der Waals surface area (Å²) in [5.74, 6) is 2.03. The highest BCUT2D eigenvalue weighted by molar-refractivity contribution is 5.96. The molecule has 276 valence electrons. The molecule has 1 aromatic heterocycles. The lowest BCUT2D eigenvalue weighted by atomic mass is 9.94. The Morgan fingerprint density at radius 2 is 1.65 bits per heavy atom. The summed E-state index contributed by atoms with van der Waals surface area (Å²) in [7, 11) is 8.40. The van der Waals surface area contributed by atoms with E-state index < -0.39 is 6.04 Å². The van der Waals surface area contributed by atoms with E-state index in [2.05, 4.69) is 27.5 Å². The Morgan fingerprint density at radius 1 is 0.923 bits per heavy atom. The highest BCUT2D eigenvalue weighted by Gasteiger charge is 2.31. The van der Waals surface area contributed by atoms with Crippen molar-refractivity contribution in [3.05, 3.63) is 69.4 Å². The lowest BCUT2D eigenvalue weighted by Gasteiger charge is -2.32. The predicted octanol–water partition coefficient (Wildman–Crippen LogP) is 4.58. The monoisotopic (exact) mass is 712 g/mol. The molecule has 52 heavy (non-hydrogen) atoms. The number of rotatable bonds is 12. The second-order valence-electron chi connectivity index (χ2n) is 13.4. The first-order valence-electron chi connectivity index (χ1n) is 17.7. The molecule has 12 heteroatoms. The minimum absolute atomic E-state index is 0.0217. The van der Waals surface area contributed by atoms with Crippen LogP contribution in [0.15, 0.2) is 51.7 Å². The number of furan rings is 1. The van der Waals surface area contributed by atoms with E-state index in [9.17, 15) is 14.4 Å². The molecule has 0 spiro atoms. The number of likely N-dealkylation sites (N-methyl/N-ethyl adjacent to an activating group) is 1. The van der Waals surface area contributed by atoms with Gasteiger partial charge >= 0.3 is 0 Å². The summed E-state index contributed by atoms with van der Waals surface area (Å²) in [5.41, 5.74) is 3.90. The average molecular weight is 713 g/mol. The number of nitrogens with zero attached hydrogens (tertiary/aromatic N) is 2. The molecular weight excluding hydrogens is 664 g/mol. The SMILES string of the molecule is COc1ccc(-c2oc3c(=O)cc4c(cc3c2CC(=O)NCCCN2CCN(C)CC2)-c2c(cc(OC)c(OC)c2OC)CC[C@@H]4NC(C)=O)cc1. The Balaban J connectivity index is 1.50. The molecule has 1 atom stereocenters. The number of carbonyl (C=O) groups excluding carboxylic acids is 2. The van der Waals surface area contributed by atoms with Crippen molar-refractivity contribution < 1.29 is 33.0 Å². The van der Waals surface area contributed by atoms with Crippen molar-refractivity contribution >= 4 is 22.8 Å². The van der Waals surface area contributed by atoms with E-state index in [1.165, 1.54) is 13.0 Å². The van der Waals surface area contributed by atoms with Gasteiger partial charge in [-0.25, -0.2) is 0 Å². The van der Waals surface area contributed by atoms with E-state index in [0.29, 0.717) is 81.3 Å². The summed E-state index contributed by atoms with van der Waals surface area (Å²) >= 11 is 0. The Kier molecular flexibility index (Phi) is 11.4. The number of benzene rings is 2. The summed E-state index contributed by atoms with van der Waals surface area (Å²) in [5, 5.41) is 6.65. The summed E-state index contributed by atoms with van der Waals surface area (Å²) in [4.78, 5) is 45.2. The van der Waals surface area contributed by atoms with Crippen LogP contribution in [0.2, 0.25) is 0 Å². The van der Waals surface area contributed by atoms with Gasteiger partial charge in [-0.1, -0.05) is 0 Å². The minimum Gasteiger partial charge on any atom is -0.497 e. The average Bonchev–Trinajstić information content (AvgIpc) is 3.34. The number of amides is 2. The van der Waals surface area contributed by atoms with Crippen molar-refractivity contribution in [2.75, 3.05) is 74.8 Å². The fourth-order valence-electron chi connectivity index (χ4n) is 7.36. The first-order valence-corrected chi connectivity index (χ1v) is 17.7. The van der Waals surface area contributed by atoms with Gasteiger partial charge < -0.3 is 43.8 Å². The van der Waals surface area contributed by atoms with Crippen LogP contribution in [-0.4, -0.2) is 96.4 Å². The van der Waals surface area contributed by atoms with Gasteiger partial charge in [0.05, 0.1) is 40.9 Å². The molecule has 1 fully saturated rings. The Bertz CT molecular complexity index is 2000. The highest BCUT2D eigenvalue weighted by atomic mass is 16.5. The number of methoxy groups -OCH3 is 4. The Morgan fingerprint density at radius 3 is 2.31 bits per heavy atom. The minimum atomic E-state index is -0.487. The molecule has 0 bridgehead atoms. The topological polar surface area (TPSA) is 132 Å². The van der Waals surface area contributed by atoms with Crippen LogP contribution in [0.1, 0.15) is 42.5 Å².